The van der Waals surface area contributed by atoms with Crippen LogP contribution in [0.2, 0.25) is 0 Å². The smallest absolute Gasteiger partial charge is 0.315 e. The maximum absolute atomic E-state index is 12.3. The lowest BCUT2D eigenvalue weighted by Gasteiger charge is -2.14. The van der Waals surface area contributed by atoms with Crippen LogP contribution in [-0.4, -0.2) is 12.3 Å². The molecule has 0 aliphatic heterocycles. The first-order chi connectivity index (χ1) is 9.50. The third-order valence-corrected chi connectivity index (χ3v) is 3.23. The summed E-state index contributed by atoms with van der Waals surface area (Å²) in [6, 6.07) is 13.1. The molecule has 0 spiro atoms. The summed E-state index contributed by atoms with van der Waals surface area (Å²) in [5.41, 5.74) is 4.23. The Morgan fingerprint density at radius 2 is 1.65 bits per heavy atom. The van der Waals surface area contributed by atoms with Gasteiger partial charge in [-0.1, -0.05) is 36.4 Å². The van der Waals surface area contributed by atoms with E-state index in [2.05, 4.69) is 5.32 Å². The molecule has 0 atom stereocenters. The lowest BCUT2D eigenvalue weighted by molar-refractivity contribution is -0.126. The standard InChI is InChI=1S/C16H15F2NO/c1-10-6-3-4-7-12(10)13-8-5-9-14(11(13)2)19-16(20)15(17)18/h3-9,15H,1-2H3,(H,19,20). The van der Waals surface area contributed by atoms with Crippen molar-refractivity contribution in [3.05, 3.63) is 53.6 Å². The van der Waals surface area contributed by atoms with Crippen LogP contribution in [0.25, 0.3) is 11.1 Å². The average molecular weight is 275 g/mol. The van der Waals surface area contributed by atoms with Crippen LogP contribution in [-0.2, 0) is 4.79 Å². The SMILES string of the molecule is Cc1ccccc1-c1cccc(NC(=O)C(F)F)c1C. The van der Waals surface area contributed by atoms with E-state index in [0.717, 1.165) is 22.3 Å². The van der Waals surface area contributed by atoms with Gasteiger partial charge < -0.3 is 5.32 Å². The number of carbonyl (C=O) groups excluding carboxylic acids is 1. The Morgan fingerprint density at radius 1 is 1.00 bits per heavy atom. The van der Waals surface area contributed by atoms with Gasteiger partial charge in [0, 0.05) is 5.69 Å². The van der Waals surface area contributed by atoms with E-state index < -0.39 is 12.3 Å². The van der Waals surface area contributed by atoms with Crippen molar-refractivity contribution < 1.29 is 13.6 Å². The molecule has 2 rings (SSSR count). The largest absolute Gasteiger partial charge is 0.321 e. The monoisotopic (exact) mass is 275 g/mol. The summed E-state index contributed by atoms with van der Waals surface area (Å²) >= 11 is 0. The quantitative estimate of drug-likeness (QED) is 0.894. The number of hydrogen-bond donors (Lipinski definition) is 1. The highest BCUT2D eigenvalue weighted by Crippen LogP contribution is 2.30. The topological polar surface area (TPSA) is 29.1 Å². The number of nitrogens with one attached hydrogen (secondary N) is 1. The maximum Gasteiger partial charge on any atom is 0.315 e. The zero-order valence-corrected chi connectivity index (χ0v) is 11.3. The number of rotatable bonds is 3. The van der Waals surface area contributed by atoms with Crippen LogP contribution in [0.4, 0.5) is 14.5 Å². The molecule has 2 aromatic carbocycles. The lowest BCUT2D eigenvalue weighted by atomic mass is 9.96. The van der Waals surface area contributed by atoms with E-state index >= 15 is 0 Å². The Kier molecular flexibility index (Phi) is 4.13. The summed E-state index contributed by atoms with van der Waals surface area (Å²) in [7, 11) is 0. The van der Waals surface area contributed by atoms with E-state index in [1.54, 1.807) is 12.1 Å². The first kappa shape index (κ1) is 14.2. The van der Waals surface area contributed by atoms with Crippen LogP contribution in [0.15, 0.2) is 42.5 Å². The fraction of sp³-hybridized carbons (Fsp3) is 0.188. The van der Waals surface area contributed by atoms with Gasteiger partial charge in [0.25, 0.3) is 5.91 Å². The first-order valence-electron chi connectivity index (χ1n) is 6.25. The third-order valence-electron chi connectivity index (χ3n) is 3.23. The van der Waals surface area contributed by atoms with Crippen molar-refractivity contribution in [1.82, 2.24) is 0 Å². The molecule has 0 heterocycles. The second-order valence-corrected chi connectivity index (χ2v) is 4.58. The number of hydrogen-bond acceptors (Lipinski definition) is 1. The minimum Gasteiger partial charge on any atom is -0.321 e. The number of benzene rings is 2. The van der Waals surface area contributed by atoms with E-state index in [1.165, 1.54) is 0 Å². The van der Waals surface area contributed by atoms with E-state index in [-0.39, 0.29) is 0 Å². The number of halogens is 2. The number of amides is 1. The van der Waals surface area contributed by atoms with Crippen molar-refractivity contribution in [2.75, 3.05) is 5.32 Å². The van der Waals surface area contributed by atoms with Crippen molar-refractivity contribution in [2.45, 2.75) is 20.3 Å². The Labute approximate surface area is 116 Å². The van der Waals surface area contributed by atoms with Gasteiger partial charge in [-0.3, -0.25) is 4.79 Å². The number of carbonyl (C=O) groups is 1. The second-order valence-electron chi connectivity index (χ2n) is 4.58. The van der Waals surface area contributed by atoms with E-state index in [0.29, 0.717) is 5.69 Å². The van der Waals surface area contributed by atoms with E-state index in [4.69, 9.17) is 0 Å². The lowest BCUT2D eigenvalue weighted by Crippen LogP contribution is -2.20. The minimum atomic E-state index is -3.02. The molecular formula is C16H15F2NO. The summed E-state index contributed by atoms with van der Waals surface area (Å²) < 4.78 is 24.6. The molecule has 2 nitrogen and oxygen atoms in total. The van der Waals surface area contributed by atoms with Crippen LogP contribution >= 0.6 is 0 Å². The fourth-order valence-corrected chi connectivity index (χ4v) is 2.13. The molecule has 0 aliphatic carbocycles. The molecule has 2 aromatic rings. The van der Waals surface area contributed by atoms with Crippen molar-refractivity contribution in [3.63, 3.8) is 0 Å². The van der Waals surface area contributed by atoms with Crippen LogP contribution < -0.4 is 5.32 Å². The molecule has 0 aromatic heterocycles. The molecular weight excluding hydrogens is 260 g/mol. The maximum atomic E-state index is 12.3. The molecule has 0 unspecified atom stereocenters. The van der Waals surface area contributed by atoms with Gasteiger partial charge in [-0.25, -0.2) is 0 Å². The zero-order chi connectivity index (χ0) is 14.7. The van der Waals surface area contributed by atoms with Gasteiger partial charge in [0.15, 0.2) is 0 Å². The third kappa shape index (κ3) is 2.85. The van der Waals surface area contributed by atoms with Gasteiger partial charge in [0.1, 0.15) is 0 Å². The Hall–Kier alpha value is -2.23. The zero-order valence-electron chi connectivity index (χ0n) is 11.3. The highest BCUT2D eigenvalue weighted by Gasteiger charge is 2.17. The van der Waals surface area contributed by atoms with Gasteiger partial charge in [-0.2, -0.15) is 8.78 Å². The summed E-state index contributed by atoms with van der Waals surface area (Å²) in [4.78, 5) is 11.1. The summed E-state index contributed by atoms with van der Waals surface area (Å²) in [6.07, 6.45) is -3.02. The molecule has 0 bridgehead atoms. The van der Waals surface area contributed by atoms with Crippen LogP contribution in [0, 0.1) is 13.8 Å². The highest BCUT2D eigenvalue weighted by molar-refractivity contribution is 5.95. The Bertz CT molecular complexity index is 638. The fourth-order valence-electron chi connectivity index (χ4n) is 2.13. The van der Waals surface area contributed by atoms with Gasteiger partial charge in [0.05, 0.1) is 0 Å². The molecule has 1 N–H and O–H groups in total. The molecule has 104 valence electrons. The van der Waals surface area contributed by atoms with E-state index in [1.807, 2.05) is 44.2 Å². The minimum absolute atomic E-state index is 0.413. The molecule has 0 fully saturated rings. The van der Waals surface area contributed by atoms with Crippen LogP contribution in [0.3, 0.4) is 0 Å². The van der Waals surface area contributed by atoms with Gasteiger partial charge in [-0.05, 0) is 42.2 Å². The van der Waals surface area contributed by atoms with E-state index in [9.17, 15) is 13.6 Å². The van der Waals surface area contributed by atoms with Crippen molar-refractivity contribution >= 4 is 11.6 Å². The number of anilines is 1. The van der Waals surface area contributed by atoms with Crippen LogP contribution in [0.5, 0.6) is 0 Å². The molecule has 0 aliphatic rings. The second kappa shape index (κ2) is 5.82. The summed E-state index contributed by atoms with van der Waals surface area (Å²) in [6.45, 7) is 3.79. The number of alkyl halides is 2. The molecule has 0 saturated carbocycles. The van der Waals surface area contributed by atoms with Crippen molar-refractivity contribution in [3.8, 4) is 11.1 Å². The Balaban J connectivity index is 2.43. The molecule has 4 heteroatoms. The molecule has 20 heavy (non-hydrogen) atoms. The molecule has 0 saturated heterocycles. The molecule has 0 radical (unpaired) electrons. The molecule has 1 amide bonds. The average Bonchev–Trinajstić information content (AvgIpc) is 2.42. The van der Waals surface area contributed by atoms with Crippen LogP contribution in [0.1, 0.15) is 11.1 Å². The Morgan fingerprint density at radius 3 is 2.30 bits per heavy atom. The van der Waals surface area contributed by atoms with Gasteiger partial charge in [-0.15, -0.1) is 0 Å². The summed E-state index contributed by atoms with van der Waals surface area (Å²) in [5.74, 6) is -1.28. The van der Waals surface area contributed by atoms with Gasteiger partial charge >= 0.3 is 6.43 Å². The normalized spacial score (nSPS) is 10.7. The predicted molar refractivity (Wildman–Crippen MR) is 76.0 cm³/mol. The number of aryl methyl sites for hydroxylation is 1. The van der Waals surface area contributed by atoms with Crippen molar-refractivity contribution in [2.24, 2.45) is 0 Å². The summed E-state index contributed by atoms with van der Waals surface area (Å²) in [5, 5.41) is 2.25. The predicted octanol–water partition coefficient (Wildman–Crippen LogP) is 4.17. The van der Waals surface area contributed by atoms with Gasteiger partial charge in [0.2, 0.25) is 0 Å². The first-order valence-corrected chi connectivity index (χ1v) is 6.25. The highest BCUT2D eigenvalue weighted by atomic mass is 19.3. The van der Waals surface area contributed by atoms with Crippen molar-refractivity contribution in [1.29, 1.82) is 0 Å².